The highest BCUT2D eigenvalue weighted by Crippen LogP contribution is 2.15. The van der Waals surface area contributed by atoms with E-state index in [1.165, 1.54) is 0 Å². The zero-order valence-electron chi connectivity index (χ0n) is 11.7. The van der Waals surface area contributed by atoms with Crippen LogP contribution in [0.3, 0.4) is 0 Å². The van der Waals surface area contributed by atoms with Crippen molar-refractivity contribution in [3.63, 3.8) is 0 Å². The van der Waals surface area contributed by atoms with Crippen LogP contribution in [0.2, 0.25) is 0 Å². The lowest BCUT2D eigenvalue weighted by Gasteiger charge is -2.28. The highest BCUT2D eigenvalue weighted by atomic mass is 16.5. The van der Waals surface area contributed by atoms with Gasteiger partial charge in [-0.2, -0.15) is 0 Å². The number of carbonyl (C=O) groups is 2. The zero-order valence-corrected chi connectivity index (χ0v) is 11.7. The van der Waals surface area contributed by atoms with E-state index in [0.29, 0.717) is 18.9 Å². The number of aliphatic carboxylic acids is 1. The number of carbonyl (C=O) groups excluding carboxylic acids is 1. The van der Waals surface area contributed by atoms with E-state index < -0.39 is 12.0 Å². The summed E-state index contributed by atoms with van der Waals surface area (Å²) in [7, 11) is 1.70. The van der Waals surface area contributed by atoms with Crippen LogP contribution in [0.15, 0.2) is 0 Å². The highest BCUT2D eigenvalue weighted by Gasteiger charge is 2.23. The minimum Gasteiger partial charge on any atom is -0.480 e. The molecule has 0 aliphatic carbocycles. The largest absolute Gasteiger partial charge is 0.480 e. The van der Waals surface area contributed by atoms with E-state index in [1.807, 2.05) is 6.92 Å². The second-order valence-corrected chi connectivity index (χ2v) is 5.07. The van der Waals surface area contributed by atoms with Gasteiger partial charge < -0.3 is 20.1 Å². The molecule has 6 heteroatoms. The van der Waals surface area contributed by atoms with Crippen LogP contribution in [0.4, 0.5) is 4.79 Å². The number of carboxylic acids is 1. The molecule has 0 radical (unpaired) electrons. The van der Waals surface area contributed by atoms with Crippen LogP contribution in [0.1, 0.15) is 32.6 Å². The topological polar surface area (TPSA) is 78.9 Å². The monoisotopic (exact) mass is 272 g/mol. The first-order chi connectivity index (χ1) is 9.04. The first kappa shape index (κ1) is 15.8. The lowest BCUT2D eigenvalue weighted by Crippen LogP contribution is -2.48. The van der Waals surface area contributed by atoms with E-state index in [-0.39, 0.29) is 6.03 Å². The number of rotatable bonds is 6. The molecule has 1 unspecified atom stereocenters. The molecule has 6 nitrogen and oxygen atoms in total. The fraction of sp³-hybridized carbons (Fsp3) is 0.846. The standard InChI is InChI=1S/C13H24N2O4/c1-3-4-11(12(16)17)14-13(18)15(2)9-10-5-7-19-8-6-10/h10-11H,3-9H2,1-2H3,(H,14,18)(H,16,17). The lowest BCUT2D eigenvalue weighted by molar-refractivity contribution is -0.139. The summed E-state index contributed by atoms with van der Waals surface area (Å²) in [6, 6.07) is -1.11. The third-order valence-electron chi connectivity index (χ3n) is 3.39. The SMILES string of the molecule is CCCC(NC(=O)N(C)CC1CCOCC1)C(=O)O. The van der Waals surface area contributed by atoms with Crippen molar-refractivity contribution in [2.24, 2.45) is 5.92 Å². The van der Waals surface area contributed by atoms with Gasteiger partial charge in [0, 0.05) is 26.8 Å². The molecule has 1 aliphatic rings. The Labute approximate surface area is 114 Å². The van der Waals surface area contributed by atoms with Gasteiger partial charge >= 0.3 is 12.0 Å². The molecule has 2 N–H and O–H groups in total. The Hall–Kier alpha value is -1.30. The Balaban J connectivity index is 2.39. The summed E-state index contributed by atoms with van der Waals surface area (Å²) in [6.45, 7) is 4.03. The molecule has 1 fully saturated rings. The third kappa shape index (κ3) is 5.46. The maximum atomic E-state index is 11.9. The Morgan fingerprint density at radius 3 is 2.58 bits per heavy atom. The number of hydrogen-bond acceptors (Lipinski definition) is 3. The number of urea groups is 1. The van der Waals surface area contributed by atoms with Crippen LogP contribution < -0.4 is 5.32 Å². The van der Waals surface area contributed by atoms with E-state index in [2.05, 4.69) is 5.32 Å². The molecule has 2 amide bonds. The first-order valence-electron chi connectivity index (χ1n) is 6.86. The van der Waals surface area contributed by atoms with Gasteiger partial charge in [-0.15, -0.1) is 0 Å². The Bertz CT molecular complexity index is 303. The molecule has 0 aromatic carbocycles. The van der Waals surface area contributed by atoms with Crippen LogP contribution in [0.5, 0.6) is 0 Å². The maximum Gasteiger partial charge on any atom is 0.326 e. The number of ether oxygens (including phenoxy) is 1. The van der Waals surface area contributed by atoms with Gasteiger partial charge in [-0.25, -0.2) is 9.59 Å². The second-order valence-electron chi connectivity index (χ2n) is 5.07. The fourth-order valence-corrected chi connectivity index (χ4v) is 2.20. The fourth-order valence-electron chi connectivity index (χ4n) is 2.20. The van der Waals surface area contributed by atoms with Crippen LogP contribution in [0.25, 0.3) is 0 Å². The smallest absolute Gasteiger partial charge is 0.326 e. The first-order valence-corrected chi connectivity index (χ1v) is 6.86. The van der Waals surface area contributed by atoms with Crippen molar-refractivity contribution in [3.8, 4) is 0 Å². The summed E-state index contributed by atoms with van der Waals surface area (Å²) < 4.78 is 5.27. The van der Waals surface area contributed by atoms with Gasteiger partial charge in [0.1, 0.15) is 6.04 Å². The van der Waals surface area contributed by atoms with Crippen LogP contribution in [-0.2, 0) is 9.53 Å². The summed E-state index contributed by atoms with van der Waals surface area (Å²) in [5.74, 6) is -0.534. The van der Waals surface area contributed by atoms with Crippen LogP contribution in [0, 0.1) is 5.92 Å². The quantitative estimate of drug-likeness (QED) is 0.764. The number of hydrogen-bond donors (Lipinski definition) is 2. The molecule has 0 bridgehead atoms. The van der Waals surface area contributed by atoms with Crippen molar-refractivity contribution >= 4 is 12.0 Å². The predicted molar refractivity (Wildman–Crippen MR) is 71.0 cm³/mol. The van der Waals surface area contributed by atoms with Gasteiger partial charge in [0.2, 0.25) is 0 Å². The minimum atomic E-state index is -0.977. The van der Waals surface area contributed by atoms with E-state index in [9.17, 15) is 9.59 Å². The highest BCUT2D eigenvalue weighted by molar-refractivity contribution is 5.82. The molecular formula is C13H24N2O4. The summed E-state index contributed by atoms with van der Waals surface area (Å²) in [6.07, 6.45) is 3.08. The normalized spacial score (nSPS) is 17.8. The van der Waals surface area contributed by atoms with Crippen molar-refractivity contribution < 1.29 is 19.4 Å². The predicted octanol–water partition coefficient (Wildman–Crippen LogP) is 1.31. The maximum absolute atomic E-state index is 11.9. The zero-order chi connectivity index (χ0) is 14.3. The van der Waals surface area contributed by atoms with Crippen molar-refractivity contribution in [2.75, 3.05) is 26.8 Å². The molecule has 0 aromatic rings. The molecule has 0 aromatic heterocycles. The van der Waals surface area contributed by atoms with Gasteiger partial charge in [0.15, 0.2) is 0 Å². The summed E-state index contributed by atoms with van der Waals surface area (Å²) >= 11 is 0. The van der Waals surface area contributed by atoms with E-state index in [0.717, 1.165) is 32.5 Å². The van der Waals surface area contributed by atoms with E-state index in [4.69, 9.17) is 9.84 Å². The molecule has 1 aliphatic heterocycles. The lowest BCUT2D eigenvalue weighted by atomic mass is 10.00. The van der Waals surface area contributed by atoms with Gasteiger partial charge in [0.05, 0.1) is 0 Å². The minimum absolute atomic E-state index is 0.313. The molecule has 1 rings (SSSR count). The van der Waals surface area contributed by atoms with Crippen molar-refractivity contribution in [1.82, 2.24) is 10.2 Å². The summed E-state index contributed by atoms with van der Waals surface area (Å²) in [5.41, 5.74) is 0. The Morgan fingerprint density at radius 1 is 1.42 bits per heavy atom. The van der Waals surface area contributed by atoms with Gasteiger partial charge in [-0.1, -0.05) is 13.3 Å². The molecule has 0 spiro atoms. The number of nitrogens with zero attached hydrogens (tertiary/aromatic N) is 1. The molecule has 1 saturated heterocycles. The van der Waals surface area contributed by atoms with E-state index in [1.54, 1.807) is 11.9 Å². The molecule has 110 valence electrons. The molecule has 1 atom stereocenters. The second kappa shape index (κ2) is 7.99. The molecular weight excluding hydrogens is 248 g/mol. The average molecular weight is 272 g/mol. The number of nitrogens with one attached hydrogen (secondary N) is 1. The van der Waals surface area contributed by atoms with Crippen molar-refractivity contribution in [1.29, 1.82) is 0 Å². The van der Waals surface area contributed by atoms with Crippen LogP contribution >= 0.6 is 0 Å². The van der Waals surface area contributed by atoms with Crippen molar-refractivity contribution in [3.05, 3.63) is 0 Å². The average Bonchev–Trinajstić information content (AvgIpc) is 2.39. The Morgan fingerprint density at radius 2 is 2.05 bits per heavy atom. The van der Waals surface area contributed by atoms with Gasteiger partial charge in [-0.3, -0.25) is 0 Å². The third-order valence-corrected chi connectivity index (χ3v) is 3.39. The Kier molecular flexibility index (Phi) is 6.62. The van der Waals surface area contributed by atoms with Gasteiger partial charge in [-0.05, 0) is 25.2 Å². The molecule has 1 heterocycles. The molecule has 19 heavy (non-hydrogen) atoms. The summed E-state index contributed by atoms with van der Waals surface area (Å²) in [4.78, 5) is 24.5. The molecule has 0 saturated carbocycles. The van der Waals surface area contributed by atoms with Crippen molar-refractivity contribution in [2.45, 2.75) is 38.6 Å². The number of carboxylic acid groups (broad SMARTS) is 1. The van der Waals surface area contributed by atoms with Gasteiger partial charge in [0.25, 0.3) is 0 Å². The number of amides is 2. The van der Waals surface area contributed by atoms with Crippen LogP contribution in [-0.4, -0.2) is 54.9 Å². The van der Waals surface area contributed by atoms with E-state index >= 15 is 0 Å². The summed E-state index contributed by atoms with van der Waals surface area (Å²) in [5, 5.41) is 11.6.